The summed E-state index contributed by atoms with van der Waals surface area (Å²) in [4.78, 5) is 12.2. The summed E-state index contributed by atoms with van der Waals surface area (Å²) in [5, 5.41) is 13.5. The molecule has 4 rings (SSSR count). The van der Waals surface area contributed by atoms with Gasteiger partial charge >= 0.3 is 5.97 Å². The van der Waals surface area contributed by atoms with Gasteiger partial charge in [0.2, 0.25) is 5.75 Å². The van der Waals surface area contributed by atoms with Gasteiger partial charge in [0.1, 0.15) is 5.82 Å². The number of aliphatic carboxylic acids is 1. The van der Waals surface area contributed by atoms with Crippen LogP contribution < -0.4 is 30.4 Å². The lowest BCUT2D eigenvalue weighted by atomic mass is 9.75. The fourth-order valence-electron chi connectivity index (χ4n) is 4.65. The maximum Gasteiger partial charge on any atom is 0.307 e. The quantitative estimate of drug-likeness (QED) is 0.553. The Morgan fingerprint density at radius 2 is 1.65 bits per heavy atom. The first-order valence-corrected chi connectivity index (χ1v) is 10.0. The third kappa shape index (κ3) is 3.91. The van der Waals surface area contributed by atoms with E-state index in [-0.39, 0.29) is 30.0 Å². The number of ether oxygens (including phenoxy) is 3. The fourth-order valence-corrected chi connectivity index (χ4v) is 4.65. The first kappa shape index (κ1) is 21.4. The van der Waals surface area contributed by atoms with E-state index in [0.717, 1.165) is 11.1 Å². The topological polar surface area (TPSA) is 101 Å². The molecule has 31 heavy (non-hydrogen) atoms. The van der Waals surface area contributed by atoms with Crippen molar-refractivity contribution in [3.05, 3.63) is 53.3 Å². The maximum atomic E-state index is 13.4. The second kappa shape index (κ2) is 8.70. The van der Waals surface area contributed by atoms with E-state index in [9.17, 15) is 14.3 Å². The lowest BCUT2D eigenvalue weighted by molar-refractivity contribution is -0.146. The number of halogens is 1. The van der Waals surface area contributed by atoms with Crippen molar-refractivity contribution in [3.63, 3.8) is 0 Å². The van der Waals surface area contributed by atoms with E-state index in [1.165, 1.54) is 19.2 Å². The molecule has 166 valence electrons. The molecule has 2 aromatic carbocycles. The molecule has 9 heteroatoms. The van der Waals surface area contributed by atoms with Crippen LogP contribution in [0.5, 0.6) is 17.2 Å². The van der Waals surface area contributed by atoms with Crippen molar-refractivity contribution in [2.24, 2.45) is 11.8 Å². The highest BCUT2D eigenvalue weighted by molar-refractivity contribution is 5.71. The van der Waals surface area contributed by atoms with Gasteiger partial charge < -0.3 is 19.3 Å². The Morgan fingerprint density at radius 3 is 2.19 bits per heavy atom. The Labute approximate surface area is 179 Å². The minimum atomic E-state index is -0.869. The first-order valence-electron chi connectivity index (χ1n) is 10.0. The minimum absolute atomic E-state index is 0.252. The molecule has 0 saturated carbocycles. The van der Waals surface area contributed by atoms with Gasteiger partial charge in [-0.1, -0.05) is 12.1 Å². The third-order valence-electron chi connectivity index (χ3n) is 6.13. The third-order valence-corrected chi connectivity index (χ3v) is 6.13. The summed E-state index contributed by atoms with van der Waals surface area (Å²) in [5.41, 5.74) is 8.04. The van der Waals surface area contributed by atoms with Gasteiger partial charge in [0.15, 0.2) is 11.5 Å². The van der Waals surface area contributed by atoms with Crippen LogP contribution in [0.1, 0.15) is 29.6 Å². The molecule has 2 aromatic rings. The molecular weight excluding hydrogens is 405 g/mol. The van der Waals surface area contributed by atoms with Gasteiger partial charge in [0.05, 0.1) is 39.5 Å². The number of rotatable bonds is 6. The van der Waals surface area contributed by atoms with E-state index in [0.29, 0.717) is 23.7 Å². The van der Waals surface area contributed by atoms with Crippen molar-refractivity contribution in [3.8, 4) is 17.2 Å². The minimum Gasteiger partial charge on any atom is -0.493 e. The van der Waals surface area contributed by atoms with E-state index < -0.39 is 11.9 Å². The van der Waals surface area contributed by atoms with E-state index in [2.05, 4.69) is 16.2 Å². The summed E-state index contributed by atoms with van der Waals surface area (Å²) in [6.45, 7) is 0. The number of carboxylic acids is 1. The highest BCUT2D eigenvalue weighted by atomic mass is 19.1. The Balaban J connectivity index is 1.65. The van der Waals surface area contributed by atoms with Crippen molar-refractivity contribution in [2.45, 2.75) is 24.7 Å². The second-order valence-corrected chi connectivity index (χ2v) is 7.73. The van der Waals surface area contributed by atoms with E-state index >= 15 is 0 Å². The SMILES string of the molecule is COc1cc(C2CC(C(=O)O)C3C(NNC3c3ccc(F)cc3)N2)cc(OC)c1OC. The van der Waals surface area contributed by atoms with Crippen LogP contribution in [0.4, 0.5) is 4.39 Å². The normalized spacial score (nSPS) is 27.4. The van der Waals surface area contributed by atoms with E-state index in [4.69, 9.17) is 14.2 Å². The Bertz CT molecular complexity index is 930. The zero-order valence-electron chi connectivity index (χ0n) is 17.5. The highest BCUT2D eigenvalue weighted by Gasteiger charge is 2.49. The smallest absolute Gasteiger partial charge is 0.307 e. The van der Waals surface area contributed by atoms with Crippen molar-refractivity contribution in [1.82, 2.24) is 16.2 Å². The molecule has 0 amide bonds. The zero-order valence-corrected chi connectivity index (χ0v) is 17.5. The number of fused-ring (bicyclic) bond motifs is 1. The number of methoxy groups -OCH3 is 3. The summed E-state index contributed by atoms with van der Waals surface area (Å²) >= 11 is 0. The number of carbonyl (C=O) groups is 1. The summed E-state index contributed by atoms with van der Waals surface area (Å²) in [5.74, 6) is -0.594. The van der Waals surface area contributed by atoms with E-state index in [1.54, 1.807) is 26.4 Å². The van der Waals surface area contributed by atoms with Crippen molar-refractivity contribution >= 4 is 5.97 Å². The molecule has 2 aliphatic rings. The number of hydrogen-bond acceptors (Lipinski definition) is 7. The molecule has 0 radical (unpaired) electrons. The van der Waals surface area contributed by atoms with Crippen LogP contribution in [-0.4, -0.2) is 38.6 Å². The van der Waals surface area contributed by atoms with Crippen LogP contribution in [0, 0.1) is 17.7 Å². The molecule has 0 spiro atoms. The van der Waals surface area contributed by atoms with Gasteiger partial charge in [0.25, 0.3) is 0 Å². The summed E-state index contributed by atoms with van der Waals surface area (Å²) in [6.07, 6.45) is 0.0740. The lowest BCUT2D eigenvalue weighted by Crippen LogP contribution is -2.53. The number of benzene rings is 2. The number of piperidine rings is 1. The predicted molar refractivity (Wildman–Crippen MR) is 110 cm³/mol. The molecule has 0 bridgehead atoms. The fraction of sp³-hybridized carbons (Fsp3) is 0.409. The summed E-state index contributed by atoms with van der Waals surface area (Å²) < 4.78 is 29.6. The van der Waals surface area contributed by atoms with Crippen molar-refractivity contribution < 1.29 is 28.5 Å². The Kier molecular flexibility index (Phi) is 5.99. The molecule has 2 aliphatic heterocycles. The van der Waals surface area contributed by atoms with Crippen molar-refractivity contribution in [2.75, 3.05) is 21.3 Å². The van der Waals surface area contributed by atoms with Crippen LogP contribution in [0.25, 0.3) is 0 Å². The maximum absolute atomic E-state index is 13.4. The molecule has 2 fully saturated rings. The van der Waals surface area contributed by atoms with Crippen LogP contribution in [0.3, 0.4) is 0 Å². The van der Waals surface area contributed by atoms with Crippen LogP contribution in [0.2, 0.25) is 0 Å². The van der Waals surface area contributed by atoms with Gasteiger partial charge in [-0.25, -0.2) is 15.2 Å². The summed E-state index contributed by atoms with van der Waals surface area (Å²) in [6, 6.07) is 9.28. The number of carboxylic acid groups (broad SMARTS) is 1. The Morgan fingerprint density at radius 1 is 1.00 bits per heavy atom. The molecule has 8 nitrogen and oxygen atoms in total. The molecule has 4 N–H and O–H groups in total. The molecule has 2 heterocycles. The number of hydrogen-bond donors (Lipinski definition) is 4. The predicted octanol–water partition coefficient (Wildman–Crippen LogP) is 2.38. The van der Waals surface area contributed by atoms with Crippen LogP contribution in [0.15, 0.2) is 36.4 Å². The average molecular weight is 431 g/mol. The first-order chi connectivity index (χ1) is 15.0. The summed E-state index contributed by atoms with van der Waals surface area (Å²) in [7, 11) is 4.62. The Hall–Kier alpha value is -2.88. The van der Waals surface area contributed by atoms with Crippen LogP contribution >= 0.6 is 0 Å². The number of hydrazine groups is 1. The molecule has 5 atom stereocenters. The second-order valence-electron chi connectivity index (χ2n) is 7.73. The molecular formula is C22H26FN3O5. The van der Waals surface area contributed by atoms with Gasteiger partial charge in [-0.3, -0.25) is 10.1 Å². The number of nitrogens with one attached hydrogen (secondary N) is 3. The van der Waals surface area contributed by atoms with Crippen LogP contribution in [-0.2, 0) is 4.79 Å². The lowest BCUT2D eigenvalue weighted by Gasteiger charge is -2.39. The molecule has 2 saturated heterocycles. The van der Waals surface area contributed by atoms with Gasteiger partial charge in [-0.2, -0.15) is 0 Å². The molecule has 0 aliphatic carbocycles. The van der Waals surface area contributed by atoms with Crippen molar-refractivity contribution in [1.29, 1.82) is 0 Å². The standard InChI is InChI=1S/C22H26FN3O5/c1-29-16-8-12(9-17(30-2)20(16)31-3)15-10-14(22(27)28)18-19(25-26-21(18)24-15)11-4-6-13(23)7-5-11/h4-9,14-15,18-19,21,24-26H,10H2,1-3H3,(H,27,28). The van der Waals surface area contributed by atoms with E-state index in [1.807, 2.05) is 12.1 Å². The average Bonchev–Trinajstić information content (AvgIpc) is 3.21. The van der Waals surface area contributed by atoms with Gasteiger partial charge in [-0.05, 0) is 41.8 Å². The van der Waals surface area contributed by atoms with Gasteiger partial charge in [0, 0.05) is 12.0 Å². The van der Waals surface area contributed by atoms with Gasteiger partial charge in [-0.15, -0.1) is 0 Å². The largest absolute Gasteiger partial charge is 0.493 e. The zero-order chi connectivity index (χ0) is 22.1. The molecule has 5 unspecified atom stereocenters. The monoisotopic (exact) mass is 431 g/mol. The highest BCUT2D eigenvalue weighted by Crippen LogP contribution is 2.45. The molecule has 0 aromatic heterocycles.